The first-order chi connectivity index (χ1) is 12.0. The van der Waals surface area contributed by atoms with Crippen LogP contribution in [0, 0.1) is 0 Å². The fourth-order valence-electron chi connectivity index (χ4n) is 3.41. The highest BCUT2D eigenvalue weighted by Gasteiger charge is 2.27. The minimum absolute atomic E-state index is 0.0494. The fraction of sp³-hybridized carbons (Fsp3) is 0.647. The lowest BCUT2D eigenvalue weighted by Crippen LogP contribution is -2.46. The lowest BCUT2D eigenvalue weighted by atomic mass is 10.1. The highest BCUT2D eigenvalue weighted by Crippen LogP contribution is 2.27. The molecule has 0 aliphatic carbocycles. The summed E-state index contributed by atoms with van der Waals surface area (Å²) in [7, 11) is -2.08. The molecule has 2 saturated heterocycles. The van der Waals surface area contributed by atoms with E-state index >= 15 is 0 Å². The van der Waals surface area contributed by atoms with Gasteiger partial charge in [-0.1, -0.05) is 11.6 Å². The number of rotatable bonds is 6. The molecule has 0 radical (unpaired) electrons. The number of hydrogen-bond acceptors (Lipinski definition) is 5. The van der Waals surface area contributed by atoms with Gasteiger partial charge in [0.15, 0.2) is 0 Å². The Bertz CT molecular complexity index is 684. The van der Waals surface area contributed by atoms with Gasteiger partial charge in [0.05, 0.1) is 23.1 Å². The van der Waals surface area contributed by atoms with Crippen molar-refractivity contribution in [2.45, 2.75) is 42.7 Å². The minimum atomic E-state index is -3.58. The van der Waals surface area contributed by atoms with E-state index in [0.717, 1.165) is 51.9 Å². The molecule has 1 aromatic carbocycles. The minimum Gasteiger partial charge on any atom is -0.495 e. The molecule has 2 heterocycles. The molecule has 2 aliphatic heterocycles. The van der Waals surface area contributed by atoms with Gasteiger partial charge in [-0.15, -0.1) is 0 Å². The van der Waals surface area contributed by atoms with Crippen LogP contribution in [-0.4, -0.2) is 58.8 Å². The Morgan fingerprint density at radius 1 is 1.32 bits per heavy atom. The van der Waals surface area contributed by atoms with Gasteiger partial charge in [-0.2, -0.15) is 0 Å². The lowest BCUT2D eigenvalue weighted by molar-refractivity contribution is 0.0639. The molecule has 1 aromatic rings. The first-order valence-corrected chi connectivity index (χ1v) is 10.5. The molecule has 0 spiro atoms. The number of nitrogens with zero attached hydrogens (tertiary/aromatic N) is 1. The van der Waals surface area contributed by atoms with Crippen molar-refractivity contribution < 1.29 is 17.9 Å². The van der Waals surface area contributed by atoms with Crippen LogP contribution < -0.4 is 9.46 Å². The van der Waals surface area contributed by atoms with Gasteiger partial charge < -0.3 is 14.4 Å². The maximum absolute atomic E-state index is 12.6. The second-order valence-corrected chi connectivity index (χ2v) is 8.75. The van der Waals surface area contributed by atoms with Crippen LogP contribution in [0.3, 0.4) is 0 Å². The summed E-state index contributed by atoms with van der Waals surface area (Å²) in [5.41, 5.74) is 0. The fourth-order valence-corrected chi connectivity index (χ4v) is 5.06. The Morgan fingerprint density at radius 3 is 2.68 bits per heavy atom. The second-order valence-electron chi connectivity index (χ2n) is 6.63. The van der Waals surface area contributed by atoms with Crippen LogP contribution in [0.1, 0.15) is 25.7 Å². The van der Waals surface area contributed by atoms with Gasteiger partial charge in [0.2, 0.25) is 10.0 Å². The summed E-state index contributed by atoms with van der Waals surface area (Å²) in [6.45, 7) is 3.59. The maximum Gasteiger partial charge on any atom is 0.240 e. The Morgan fingerprint density at radius 2 is 2.08 bits per heavy atom. The summed E-state index contributed by atoms with van der Waals surface area (Å²) in [5, 5.41) is 0.289. The molecule has 2 fully saturated rings. The smallest absolute Gasteiger partial charge is 0.240 e. The van der Waals surface area contributed by atoms with Gasteiger partial charge in [0.25, 0.3) is 0 Å². The number of hydrogen-bond donors (Lipinski definition) is 1. The van der Waals surface area contributed by atoms with E-state index in [2.05, 4.69) is 9.62 Å². The number of sulfonamides is 1. The molecular weight excluding hydrogens is 364 g/mol. The molecule has 1 unspecified atom stereocenters. The third-order valence-corrected chi connectivity index (χ3v) is 6.64. The van der Waals surface area contributed by atoms with Gasteiger partial charge in [0.1, 0.15) is 5.75 Å². The highest BCUT2D eigenvalue weighted by molar-refractivity contribution is 7.89. The molecule has 1 N–H and O–H groups in total. The van der Waals surface area contributed by atoms with Crippen molar-refractivity contribution in [3.63, 3.8) is 0 Å². The van der Waals surface area contributed by atoms with Crippen molar-refractivity contribution in [1.82, 2.24) is 9.62 Å². The zero-order valence-corrected chi connectivity index (χ0v) is 16.0. The number of ether oxygens (including phenoxy) is 2. The Hall–Kier alpha value is -0.860. The van der Waals surface area contributed by atoms with Crippen molar-refractivity contribution in [1.29, 1.82) is 0 Å². The van der Waals surface area contributed by atoms with E-state index in [-0.39, 0.29) is 16.0 Å². The Labute approximate surface area is 154 Å². The van der Waals surface area contributed by atoms with E-state index in [1.165, 1.54) is 19.2 Å². The van der Waals surface area contributed by atoms with Crippen molar-refractivity contribution in [3.8, 4) is 5.75 Å². The predicted molar refractivity (Wildman–Crippen MR) is 96.8 cm³/mol. The van der Waals surface area contributed by atoms with Crippen LogP contribution >= 0.6 is 11.6 Å². The average Bonchev–Trinajstić information content (AvgIpc) is 3.09. The molecule has 3 rings (SSSR count). The van der Waals surface area contributed by atoms with E-state index in [9.17, 15) is 8.42 Å². The summed E-state index contributed by atoms with van der Waals surface area (Å²) < 4.78 is 38.7. The standard InChI is InChI=1S/C17H25ClN2O4S/c1-23-17-5-4-15(11-16(17)18)25(21,22)19-13-6-8-20(9-7-13)12-14-3-2-10-24-14/h4-5,11,13-14,19H,2-3,6-10,12H2,1H3. The maximum atomic E-state index is 12.6. The first-order valence-electron chi connectivity index (χ1n) is 8.68. The lowest BCUT2D eigenvalue weighted by Gasteiger charge is -2.33. The molecule has 0 saturated carbocycles. The quantitative estimate of drug-likeness (QED) is 0.809. The third-order valence-electron chi connectivity index (χ3n) is 4.83. The van der Waals surface area contributed by atoms with Gasteiger partial charge >= 0.3 is 0 Å². The highest BCUT2D eigenvalue weighted by atomic mass is 35.5. The Kier molecular flexibility index (Phi) is 6.22. The second kappa shape index (κ2) is 8.22. The predicted octanol–water partition coefficient (Wildman–Crippen LogP) is 2.27. The summed E-state index contributed by atoms with van der Waals surface area (Å²) in [4.78, 5) is 2.53. The van der Waals surface area contributed by atoms with E-state index in [4.69, 9.17) is 21.1 Å². The number of piperidine rings is 1. The van der Waals surface area contributed by atoms with Gasteiger partial charge in [-0.3, -0.25) is 0 Å². The van der Waals surface area contributed by atoms with Crippen molar-refractivity contribution in [2.24, 2.45) is 0 Å². The van der Waals surface area contributed by atoms with Crippen molar-refractivity contribution >= 4 is 21.6 Å². The van der Waals surface area contributed by atoms with Crippen LogP contribution in [0.15, 0.2) is 23.1 Å². The number of nitrogens with one attached hydrogen (secondary N) is 1. The van der Waals surface area contributed by atoms with Crippen LogP contribution in [-0.2, 0) is 14.8 Å². The molecule has 6 nitrogen and oxygen atoms in total. The summed E-state index contributed by atoms with van der Waals surface area (Å²) in [6, 6.07) is 4.46. The molecule has 25 heavy (non-hydrogen) atoms. The van der Waals surface area contributed by atoms with E-state index < -0.39 is 10.0 Å². The largest absolute Gasteiger partial charge is 0.495 e. The molecule has 8 heteroatoms. The zero-order chi connectivity index (χ0) is 17.9. The summed E-state index contributed by atoms with van der Waals surface area (Å²) in [6.07, 6.45) is 4.22. The van der Waals surface area contributed by atoms with E-state index in [1.807, 2.05) is 0 Å². The van der Waals surface area contributed by atoms with Crippen molar-refractivity contribution in [2.75, 3.05) is 33.4 Å². The number of methoxy groups -OCH3 is 1. The zero-order valence-electron chi connectivity index (χ0n) is 14.4. The van der Waals surface area contributed by atoms with Gasteiger partial charge in [-0.25, -0.2) is 13.1 Å². The van der Waals surface area contributed by atoms with Crippen molar-refractivity contribution in [3.05, 3.63) is 23.2 Å². The molecule has 0 amide bonds. The van der Waals surface area contributed by atoms with E-state index in [0.29, 0.717) is 11.9 Å². The van der Waals surface area contributed by atoms with Crippen LogP contribution in [0.25, 0.3) is 0 Å². The van der Waals surface area contributed by atoms with Crippen LogP contribution in [0.4, 0.5) is 0 Å². The van der Waals surface area contributed by atoms with Crippen LogP contribution in [0.2, 0.25) is 5.02 Å². The summed E-state index contributed by atoms with van der Waals surface area (Å²) in [5.74, 6) is 0.461. The molecule has 1 atom stereocenters. The molecule has 0 bridgehead atoms. The first kappa shape index (κ1) is 18.9. The molecule has 0 aromatic heterocycles. The third kappa shape index (κ3) is 4.86. The summed E-state index contributed by atoms with van der Waals surface area (Å²) >= 11 is 6.04. The van der Waals surface area contributed by atoms with Crippen LogP contribution in [0.5, 0.6) is 5.75 Å². The normalized spacial score (nSPS) is 23.0. The molecular formula is C17H25ClN2O4S. The topological polar surface area (TPSA) is 67.9 Å². The molecule has 140 valence electrons. The SMILES string of the molecule is COc1ccc(S(=O)(=O)NC2CCN(CC3CCCO3)CC2)cc1Cl. The monoisotopic (exact) mass is 388 g/mol. The van der Waals surface area contributed by atoms with E-state index in [1.54, 1.807) is 6.07 Å². The molecule has 2 aliphatic rings. The average molecular weight is 389 g/mol. The number of benzene rings is 1. The van der Waals surface area contributed by atoms with Gasteiger partial charge in [-0.05, 0) is 57.0 Å². The Balaban J connectivity index is 1.54. The number of likely N-dealkylation sites (tertiary alicyclic amines) is 1. The number of halogens is 1. The van der Waals surface area contributed by atoms with Gasteiger partial charge in [0, 0.05) is 19.2 Å².